The normalized spacial score (nSPS) is 13.2. The number of aliphatic carboxylic acids is 1. The number of carboxylic acid groups (broad SMARTS) is 1. The molecular weight excluding hydrogens is 242 g/mol. The SMILES string of the molecule is COCCSCC(=O)N[C@@H](C(=O)O)C(C)(C)C. The summed E-state index contributed by atoms with van der Waals surface area (Å²) in [7, 11) is 1.60. The first-order valence-electron chi connectivity index (χ1n) is 5.38. The fraction of sp³-hybridized carbons (Fsp3) is 0.818. The Morgan fingerprint density at radius 2 is 2.00 bits per heavy atom. The maximum Gasteiger partial charge on any atom is 0.326 e. The van der Waals surface area contributed by atoms with E-state index in [0.29, 0.717) is 6.61 Å². The largest absolute Gasteiger partial charge is 0.480 e. The van der Waals surface area contributed by atoms with E-state index in [-0.39, 0.29) is 11.7 Å². The van der Waals surface area contributed by atoms with Crippen LogP contribution in [-0.4, -0.2) is 48.2 Å². The fourth-order valence-electron chi connectivity index (χ4n) is 1.16. The third kappa shape index (κ3) is 7.23. The summed E-state index contributed by atoms with van der Waals surface area (Å²) in [6.07, 6.45) is 0. The second kappa shape index (κ2) is 7.55. The molecule has 100 valence electrons. The van der Waals surface area contributed by atoms with Gasteiger partial charge in [0.25, 0.3) is 0 Å². The maximum atomic E-state index is 11.5. The molecule has 0 rings (SSSR count). The molecule has 0 spiro atoms. The Morgan fingerprint density at radius 1 is 1.41 bits per heavy atom. The van der Waals surface area contributed by atoms with Crippen LogP contribution >= 0.6 is 11.8 Å². The molecule has 1 atom stereocenters. The van der Waals surface area contributed by atoms with Gasteiger partial charge in [-0.3, -0.25) is 4.79 Å². The summed E-state index contributed by atoms with van der Waals surface area (Å²) in [4.78, 5) is 22.5. The quantitative estimate of drug-likeness (QED) is 0.670. The minimum Gasteiger partial charge on any atom is -0.480 e. The van der Waals surface area contributed by atoms with Crippen molar-refractivity contribution in [2.75, 3.05) is 25.2 Å². The van der Waals surface area contributed by atoms with E-state index in [2.05, 4.69) is 5.32 Å². The molecule has 5 nitrogen and oxygen atoms in total. The molecule has 0 saturated heterocycles. The number of carbonyl (C=O) groups excluding carboxylic acids is 1. The predicted octanol–water partition coefficient (Wildman–Crippen LogP) is 0.981. The number of hydrogen-bond donors (Lipinski definition) is 2. The third-order valence-electron chi connectivity index (χ3n) is 2.08. The van der Waals surface area contributed by atoms with Gasteiger partial charge < -0.3 is 15.2 Å². The van der Waals surface area contributed by atoms with Crippen molar-refractivity contribution in [3.8, 4) is 0 Å². The van der Waals surface area contributed by atoms with Crippen LogP contribution in [-0.2, 0) is 14.3 Å². The van der Waals surface area contributed by atoms with Gasteiger partial charge in [0.1, 0.15) is 6.04 Å². The second-order valence-corrected chi connectivity index (χ2v) is 5.86. The van der Waals surface area contributed by atoms with Crippen LogP contribution in [0.3, 0.4) is 0 Å². The summed E-state index contributed by atoms with van der Waals surface area (Å²) in [5.74, 6) is -0.290. The van der Waals surface area contributed by atoms with Gasteiger partial charge in [-0.05, 0) is 5.41 Å². The molecule has 0 aliphatic rings. The molecule has 0 saturated carbocycles. The molecule has 0 aromatic heterocycles. The Labute approximate surface area is 106 Å². The molecule has 0 aliphatic heterocycles. The number of ether oxygens (including phenoxy) is 1. The van der Waals surface area contributed by atoms with E-state index < -0.39 is 17.4 Å². The summed E-state index contributed by atoms with van der Waals surface area (Å²) in [5.41, 5.74) is -0.501. The van der Waals surface area contributed by atoms with Gasteiger partial charge >= 0.3 is 5.97 Å². The van der Waals surface area contributed by atoms with Gasteiger partial charge in [-0.25, -0.2) is 4.79 Å². The fourth-order valence-corrected chi connectivity index (χ4v) is 1.86. The van der Waals surface area contributed by atoms with E-state index in [9.17, 15) is 9.59 Å². The number of rotatable bonds is 7. The van der Waals surface area contributed by atoms with Crippen LogP contribution in [0.15, 0.2) is 0 Å². The monoisotopic (exact) mass is 263 g/mol. The lowest BCUT2D eigenvalue weighted by atomic mass is 9.87. The molecular formula is C11H21NO4S. The van der Waals surface area contributed by atoms with E-state index in [4.69, 9.17) is 9.84 Å². The second-order valence-electron chi connectivity index (χ2n) is 4.75. The zero-order chi connectivity index (χ0) is 13.5. The van der Waals surface area contributed by atoms with Crippen LogP contribution in [0, 0.1) is 5.41 Å². The van der Waals surface area contributed by atoms with Crippen molar-refractivity contribution in [3.63, 3.8) is 0 Å². The molecule has 2 N–H and O–H groups in total. The molecule has 0 bridgehead atoms. The number of hydrogen-bond acceptors (Lipinski definition) is 4. The van der Waals surface area contributed by atoms with Gasteiger partial charge in [-0.1, -0.05) is 20.8 Å². The highest BCUT2D eigenvalue weighted by Crippen LogP contribution is 2.19. The van der Waals surface area contributed by atoms with Gasteiger partial charge in [-0.2, -0.15) is 0 Å². The van der Waals surface area contributed by atoms with Crippen molar-refractivity contribution in [2.24, 2.45) is 5.41 Å². The van der Waals surface area contributed by atoms with Crippen LogP contribution in [0.2, 0.25) is 0 Å². The number of thioether (sulfide) groups is 1. The summed E-state index contributed by atoms with van der Waals surface area (Å²) < 4.78 is 4.85. The molecule has 0 fully saturated rings. The van der Waals surface area contributed by atoms with Crippen LogP contribution in [0.25, 0.3) is 0 Å². The number of amides is 1. The summed E-state index contributed by atoms with van der Waals surface area (Å²) in [6.45, 7) is 5.93. The lowest BCUT2D eigenvalue weighted by Gasteiger charge is -2.27. The van der Waals surface area contributed by atoms with Crippen molar-refractivity contribution in [2.45, 2.75) is 26.8 Å². The van der Waals surface area contributed by atoms with Gasteiger partial charge in [0.2, 0.25) is 5.91 Å². The highest BCUT2D eigenvalue weighted by Gasteiger charge is 2.32. The zero-order valence-electron chi connectivity index (χ0n) is 10.8. The van der Waals surface area contributed by atoms with Gasteiger partial charge in [0, 0.05) is 12.9 Å². The molecule has 0 unspecified atom stereocenters. The standard InChI is InChI=1S/C11H21NO4S/c1-11(2,3)9(10(14)15)12-8(13)7-17-6-5-16-4/h9H,5-7H2,1-4H3,(H,12,13)(H,14,15)/t9-/m0/s1. The van der Waals surface area contributed by atoms with Crippen molar-refractivity contribution >= 4 is 23.6 Å². The van der Waals surface area contributed by atoms with Crippen molar-refractivity contribution < 1.29 is 19.4 Å². The van der Waals surface area contributed by atoms with Crippen LogP contribution < -0.4 is 5.32 Å². The van der Waals surface area contributed by atoms with Crippen LogP contribution in [0.1, 0.15) is 20.8 Å². The summed E-state index contributed by atoms with van der Waals surface area (Å²) >= 11 is 1.42. The van der Waals surface area contributed by atoms with Crippen molar-refractivity contribution in [1.29, 1.82) is 0 Å². The van der Waals surface area contributed by atoms with E-state index in [1.165, 1.54) is 11.8 Å². The first-order chi connectivity index (χ1) is 7.79. The zero-order valence-corrected chi connectivity index (χ0v) is 11.6. The number of carboxylic acids is 1. The average Bonchev–Trinajstić information content (AvgIpc) is 2.19. The van der Waals surface area contributed by atoms with E-state index in [1.807, 2.05) is 0 Å². The molecule has 0 aromatic carbocycles. The first kappa shape index (κ1) is 16.2. The Balaban J connectivity index is 4.11. The van der Waals surface area contributed by atoms with Gasteiger partial charge in [0.05, 0.1) is 12.4 Å². The summed E-state index contributed by atoms with van der Waals surface area (Å²) in [6, 6.07) is -0.863. The number of methoxy groups -OCH3 is 1. The van der Waals surface area contributed by atoms with E-state index in [0.717, 1.165) is 5.75 Å². The maximum absolute atomic E-state index is 11.5. The molecule has 1 amide bonds. The lowest BCUT2D eigenvalue weighted by molar-refractivity contribution is -0.144. The predicted molar refractivity (Wildman–Crippen MR) is 68.2 cm³/mol. The van der Waals surface area contributed by atoms with Gasteiger partial charge in [0.15, 0.2) is 0 Å². The Morgan fingerprint density at radius 3 is 2.41 bits per heavy atom. The van der Waals surface area contributed by atoms with Crippen LogP contribution in [0.4, 0.5) is 0 Å². The smallest absolute Gasteiger partial charge is 0.326 e. The topological polar surface area (TPSA) is 75.6 Å². The minimum atomic E-state index is -1.01. The number of carbonyl (C=O) groups is 2. The van der Waals surface area contributed by atoms with Crippen molar-refractivity contribution in [3.05, 3.63) is 0 Å². The molecule has 0 aliphatic carbocycles. The van der Waals surface area contributed by atoms with Gasteiger partial charge in [-0.15, -0.1) is 11.8 Å². The Bertz CT molecular complexity index is 263. The first-order valence-corrected chi connectivity index (χ1v) is 6.53. The van der Waals surface area contributed by atoms with E-state index in [1.54, 1.807) is 27.9 Å². The van der Waals surface area contributed by atoms with E-state index >= 15 is 0 Å². The lowest BCUT2D eigenvalue weighted by Crippen LogP contribution is -2.49. The highest BCUT2D eigenvalue weighted by molar-refractivity contribution is 7.99. The number of nitrogens with one attached hydrogen (secondary N) is 1. The minimum absolute atomic E-state index is 0.253. The molecule has 6 heteroatoms. The molecule has 0 heterocycles. The highest BCUT2D eigenvalue weighted by atomic mass is 32.2. The van der Waals surface area contributed by atoms with Crippen LogP contribution in [0.5, 0.6) is 0 Å². The summed E-state index contributed by atoms with van der Waals surface area (Å²) in [5, 5.41) is 11.6. The van der Waals surface area contributed by atoms with Crippen molar-refractivity contribution in [1.82, 2.24) is 5.32 Å². The molecule has 0 radical (unpaired) electrons. The Hall–Kier alpha value is -0.750. The Kier molecular flexibility index (Phi) is 7.22. The average molecular weight is 263 g/mol. The molecule has 17 heavy (non-hydrogen) atoms. The third-order valence-corrected chi connectivity index (χ3v) is 3.00. The molecule has 0 aromatic rings.